The molecule has 2 rings (SSSR count). The van der Waals surface area contributed by atoms with Crippen LogP contribution in [0.1, 0.15) is 26.3 Å². The first-order valence-corrected chi connectivity index (χ1v) is 7.25. The quantitative estimate of drug-likeness (QED) is 0.899. The molecule has 0 bridgehead atoms. The number of hydrogen-bond donors (Lipinski definition) is 1. The number of rotatable bonds is 4. The lowest BCUT2D eigenvalue weighted by molar-refractivity contribution is -0.129. The van der Waals surface area contributed by atoms with Gasteiger partial charge < -0.3 is 15.1 Å². The zero-order chi connectivity index (χ0) is 14.5. The summed E-state index contributed by atoms with van der Waals surface area (Å²) in [5, 5.41) is 3.44. The summed E-state index contributed by atoms with van der Waals surface area (Å²) in [6.07, 6.45) is 1.84. The first kappa shape index (κ1) is 14.8. The molecular weight excluding hydrogens is 252 g/mol. The molecule has 0 atom stereocenters. The van der Waals surface area contributed by atoms with E-state index in [1.165, 1.54) is 5.56 Å². The average Bonchev–Trinajstić information content (AvgIpc) is 2.45. The minimum atomic E-state index is 0.160. The SMILES string of the molecule is CC(=O)N1CCN(c2ncccc2CNC(C)C)CC1. The van der Waals surface area contributed by atoms with Crippen molar-refractivity contribution < 1.29 is 4.79 Å². The summed E-state index contributed by atoms with van der Waals surface area (Å²) in [6, 6.07) is 4.56. The Balaban J connectivity index is 2.04. The van der Waals surface area contributed by atoms with Crippen LogP contribution >= 0.6 is 0 Å². The van der Waals surface area contributed by atoms with Gasteiger partial charge in [0.15, 0.2) is 0 Å². The van der Waals surface area contributed by atoms with Gasteiger partial charge in [-0.3, -0.25) is 4.79 Å². The second-order valence-corrected chi connectivity index (χ2v) is 5.51. The summed E-state index contributed by atoms with van der Waals surface area (Å²) in [5.41, 5.74) is 1.22. The summed E-state index contributed by atoms with van der Waals surface area (Å²) >= 11 is 0. The van der Waals surface area contributed by atoms with E-state index in [2.05, 4.69) is 35.1 Å². The van der Waals surface area contributed by atoms with Gasteiger partial charge in [-0.2, -0.15) is 0 Å². The third kappa shape index (κ3) is 3.70. The Morgan fingerprint density at radius 1 is 1.35 bits per heavy atom. The minimum absolute atomic E-state index is 0.160. The van der Waals surface area contributed by atoms with E-state index in [1.54, 1.807) is 6.92 Å². The Bertz CT molecular complexity index is 453. The fourth-order valence-corrected chi connectivity index (χ4v) is 2.40. The molecule has 0 spiro atoms. The lowest BCUT2D eigenvalue weighted by Crippen LogP contribution is -2.48. The number of carbonyl (C=O) groups excluding carboxylic acids is 1. The number of nitrogens with one attached hydrogen (secondary N) is 1. The van der Waals surface area contributed by atoms with Crippen LogP contribution in [0, 0.1) is 0 Å². The summed E-state index contributed by atoms with van der Waals surface area (Å²) in [5.74, 6) is 1.20. The number of piperazine rings is 1. The topological polar surface area (TPSA) is 48.5 Å². The van der Waals surface area contributed by atoms with E-state index < -0.39 is 0 Å². The highest BCUT2D eigenvalue weighted by atomic mass is 16.2. The maximum atomic E-state index is 11.4. The average molecular weight is 276 g/mol. The van der Waals surface area contributed by atoms with Crippen LogP contribution in [0.15, 0.2) is 18.3 Å². The number of anilines is 1. The molecule has 1 aromatic heterocycles. The van der Waals surface area contributed by atoms with Crippen LogP contribution in [-0.2, 0) is 11.3 Å². The van der Waals surface area contributed by atoms with Gasteiger partial charge in [0.05, 0.1) is 0 Å². The van der Waals surface area contributed by atoms with Crippen molar-refractivity contribution in [1.29, 1.82) is 0 Å². The van der Waals surface area contributed by atoms with Crippen molar-refractivity contribution in [3.63, 3.8) is 0 Å². The smallest absolute Gasteiger partial charge is 0.219 e. The molecule has 1 N–H and O–H groups in total. The van der Waals surface area contributed by atoms with Crippen LogP contribution in [0.5, 0.6) is 0 Å². The van der Waals surface area contributed by atoms with Crippen molar-refractivity contribution in [3.05, 3.63) is 23.9 Å². The highest BCUT2D eigenvalue weighted by molar-refractivity contribution is 5.73. The lowest BCUT2D eigenvalue weighted by Gasteiger charge is -2.35. The Hall–Kier alpha value is -1.62. The van der Waals surface area contributed by atoms with Gasteiger partial charge in [-0.15, -0.1) is 0 Å². The van der Waals surface area contributed by atoms with Gasteiger partial charge in [0, 0.05) is 57.4 Å². The van der Waals surface area contributed by atoms with Crippen molar-refractivity contribution in [2.75, 3.05) is 31.1 Å². The van der Waals surface area contributed by atoms with E-state index in [-0.39, 0.29) is 5.91 Å². The molecule has 1 aliphatic heterocycles. The van der Waals surface area contributed by atoms with Gasteiger partial charge in [-0.25, -0.2) is 4.98 Å². The molecule has 1 aliphatic rings. The molecule has 1 amide bonds. The molecule has 1 fully saturated rings. The summed E-state index contributed by atoms with van der Waals surface area (Å²) in [4.78, 5) is 20.1. The number of pyridine rings is 1. The number of nitrogens with zero attached hydrogens (tertiary/aromatic N) is 3. The summed E-state index contributed by atoms with van der Waals surface area (Å²) < 4.78 is 0. The normalized spacial score (nSPS) is 15.8. The standard InChI is InChI=1S/C15H24N4O/c1-12(2)17-11-14-5-4-6-16-15(14)19-9-7-18(8-10-19)13(3)20/h4-6,12,17H,7-11H2,1-3H3. The number of amides is 1. The fraction of sp³-hybridized carbons (Fsp3) is 0.600. The van der Waals surface area contributed by atoms with Crippen molar-refractivity contribution >= 4 is 11.7 Å². The molecule has 0 unspecified atom stereocenters. The third-order valence-corrected chi connectivity index (χ3v) is 3.59. The first-order valence-electron chi connectivity index (χ1n) is 7.25. The molecule has 2 heterocycles. The Morgan fingerprint density at radius 3 is 2.65 bits per heavy atom. The molecule has 1 saturated heterocycles. The van der Waals surface area contributed by atoms with Crippen molar-refractivity contribution in [1.82, 2.24) is 15.2 Å². The van der Waals surface area contributed by atoms with E-state index in [9.17, 15) is 4.79 Å². The Morgan fingerprint density at radius 2 is 2.05 bits per heavy atom. The molecule has 0 aliphatic carbocycles. The van der Waals surface area contributed by atoms with E-state index in [4.69, 9.17) is 0 Å². The molecule has 5 heteroatoms. The fourth-order valence-electron chi connectivity index (χ4n) is 2.40. The Kier molecular flexibility index (Phi) is 4.95. The second-order valence-electron chi connectivity index (χ2n) is 5.51. The highest BCUT2D eigenvalue weighted by Crippen LogP contribution is 2.19. The van der Waals surface area contributed by atoms with Crippen LogP contribution in [-0.4, -0.2) is 48.0 Å². The van der Waals surface area contributed by atoms with Crippen molar-refractivity contribution in [3.8, 4) is 0 Å². The summed E-state index contributed by atoms with van der Waals surface area (Å²) in [7, 11) is 0. The monoisotopic (exact) mass is 276 g/mol. The summed E-state index contributed by atoms with van der Waals surface area (Å²) in [6.45, 7) is 10.0. The minimum Gasteiger partial charge on any atom is -0.353 e. The number of carbonyl (C=O) groups is 1. The zero-order valence-corrected chi connectivity index (χ0v) is 12.6. The Labute approximate surface area is 121 Å². The van der Waals surface area contributed by atoms with Crippen LogP contribution in [0.25, 0.3) is 0 Å². The van der Waals surface area contributed by atoms with E-state index in [1.807, 2.05) is 17.2 Å². The molecule has 5 nitrogen and oxygen atoms in total. The molecule has 0 aromatic carbocycles. The van der Waals surface area contributed by atoms with Gasteiger partial charge in [0.1, 0.15) is 5.82 Å². The largest absolute Gasteiger partial charge is 0.353 e. The number of hydrogen-bond acceptors (Lipinski definition) is 4. The number of aromatic nitrogens is 1. The third-order valence-electron chi connectivity index (χ3n) is 3.59. The van der Waals surface area contributed by atoms with Crippen LogP contribution < -0.4 is 10.2 Å². The first-order chi connectivity index (χ1) is 9.58. The van der Waals surface area contributed by atoms with Gasteiger partial charge in [0.2, 0.25) is 5.91 Å². The van der Waals surface area contributed by atoms with Crippen LogP contribution in [0.4, 0.5) is 5.82 Å². The van der Waals surface area contributed by atoms with Crippen molar-refractivity contribution in [2.45, 2.75) is 33.4 Å². The molecule has 20 heavy (non-hydrogen) atoms. The molecule has 0 saturated carbocycles. The molecule has 1 aromatic rings. The van der Waals surface area contributed by atoms with E-state index in [0.717, 1.165) is 38.5 Å². The predicted octanol–water partition coefficient (Wildman–Crippen LogP) is 1.25. The van der Waals surface area contributed by atoms with Gasteiger partial charge in [-0.1, -0.05) is 19.9 Å². The van der Waals surface area contributed by atoms with Crippen LogP contribution in [0.2, 0.25) is 0 Å². The van der Waals surface area contributed by atoms with E-state index >= 15 is 0 Å². The van der Waals surface area contributed by atoms with Gasteiger partial charge in [-0.05, 0) is 6.07 Å². The van der Waals surface area contributed by atoms with E-state index in [0.29, 0.717) is 6.04 Å². The van der Waals surface area contributed by atoms with Crippen LogP contribution in [0.3, 0.4) is 0 Å². The van der Waals surface area contributed by atoms with Gasteiger partial charge in [0.25, 0.3) is 0 Å². The van der Waals surface area contributed by atoms with Gasteiger partial charge >= 0.3 is 0 Å². The lowest BCUT2D eigenvalue weighted by atomic mass is 10.2. The molecule has 110 valence electrons. The maximum Gasteiger partial charge on any atom is 0.219 e. The molecular formula is C15H24N4O. The van der Waals surface area contributed by atoms with Crippen molar-refractivity contribution in [2.24, 2.45) is 0 Å². The predicted molar refractivity (Wildman–Crippen MR) is 80.7 cm³/mol. The second kappa shape index (κ2) is 6.70. The zero-order valence-electron chi connectivity index (χ0n) is 12.6. The maximum absolute atomic E-state index is 11.4. The molecule has 0 radical (unpaired) electrons. The highest BCUT2D eigenvalue weighted by Gasteiger charge is 2.21.